The van der Waals surface area contributed by atoms with Crippen LogP contribution in [0.2, 0.25) is 0 Å². The number of hydrogen-bond donors (Lipinski definition) is 1. The summed E-state index contributed by atoms with van der Waals surface area (Å²) >= 11 is 0. The van der Waals surface area contributed by atoms with E-state index in [1.165, 1.54) is 38.5 Å². The highest BCUT2D eigenvalue weighted by atomic mass is 16.2. The van der Waals surface area contributed by atoms with Gasteiger partial charge >= 0.3 is 0 Å². The van der Waals surface area contributed by atoms with E-state index in [-0.39, 0.29) is 5.91 Å². The molecule has 0 aromatic carbocycles. The van der Waals surface area contributed by atoms with Gasteiger partial charge in [0.2, 0.25) is 5.91 Å². The molecule has 1 aliphatic heterocycles. The van der Waals surface area contributed by atoms with E-state index < -0.39 is 0 Å². The van der Waals surface area contributed by atoms with Crippen molar-refractivity contribution in [2.75, 3.05) is 26.2 Å². The highest BCUT2D eigenvalue weighted by molar-refractivity contribution is 5.78. The summed E-state index contributed by atoms with van der Waals surface area (Å²) in [6.07, 6.45) is 8.12. The van der Waals surface area contributed by atoms with Crippen molar-refractivity contribution in [3.05, 3.63) is 0 Å². The highest BCUT2D eigenvalue weighted by Gasteiger charge is 2.44. The maximum atomic E-state index is 12.0. The summed E-state index contributed by atoms with van der Waals surface area (Å²) in [4.78, 5) is 14.3. The van der Waals surface area contributed by atoms with Crippen molar-refractivity contribution >= 4 is 5.91 Å². The van der Waals surface area contributed by atoms with Crippen molar-refractivity contribution in [1.29, 1.82) is 0 Å². The summed E-state index contributed by atoms with van der Waals surface area (Å²) < 4.78 is 0. The fraction of sp³-hybridized carbons (Fsp3) is 0.938. The average Bonchev–Trinajstić information content (AvgIpc) is 2.99. The normalized spacial score (nSPS) is 38.6. The lowest BCUT2D eigenvalue weighted by molar-refractivity contribution is -0.122. The first-order chi connectivity index (χ1) is 9.24. The lowest BCUT2D eigenvalue weighted by Gasteiger charge is -2.29. The van der Waals surface area contributed by atoms with Crippen LogP contribution < -0.4 is 5.32 Å². The topological polar surface area (TPSA) is 32.3 Å². The molecule has 0 aromatic heterocycles. The van der Waals surface area contributed by atoms with Crippen LogP contribution in [-0.2, 0) is 4.79 Å². The molecular formula is C16H28N2O. The summed E-state index contributed by atoms with van der Waals surface area (Å²) in [5, 5.41) is 3.21. The van der Waals surface area contributed by atoms with Gasteiger partial charge in [0.1, 0.15) is 0 Å². The Morgan fingerprint density at radius 1 is 1.16 bits per heavy atom. The Morgan fingerprint density at radius 3 is 2.58 bits per heavy atom. The van der Waals surface area contributed by atoms with E-state index in [1.807, 2.05) is 0 Å². The molecule has 1 amide bonds. The molecule has 0 aromatic rings. The summed E-state index contributed by atoms with van der Waals surface area (Å²) in [5.74, 6) is 3.68. The predicted octanol–water partition coefficient (Wildman–Crippen LogP) is 2.27. The molecule has 3 nitrogen and oxygen atoms in total. The number of likely N-dealkylation sites (tertiary alicyclic amines) is 1. The summed E-state index contributed by atoms with van der Waals surface area (Å²) in [5.41, 5.74) is 0. The second kappa shape index (κ2) is 5.82. The van der Waals surface area contributed by atoms with E-state index in [0.29, 0.717) is 6.54 Å². The van der Waals surface area contributed by atoms with Gasteiger partial charge in [-0.3, -0.25) is 9.69 Å². The van der Waals surface area contributed by atoms with E-state index in [4.69, 9.17) is 0 Å². The molecule has 4 atom stereocenters. The summed E-state index contributed by atoms with van der Waals surface area (Å²) in [6.45, 7) is 6.16. The lowest BCUT2D eigenvalue weighted by atomic mass is 9.80. The van der Waals surface area contributed by atoms with Crippen LogP contribution in [0, 0.1) is 23.7 Å². The van der Waals surface area contributed by atoms with Crippen LogP contribution in [0.1, 0.15) is 45.4 Å². The quantitative estimate of drug-likeness (QED) is 0.845. The monoisotopic (exact) mass is 264 g/mol. The molecule has 2 bridgehead atoms. The fourth-order valence-electron chi connectivity index (χ4n) is 4.66. The van der Waals surface area contributed by atoms with E-state index >= 15 is 0 Å². The third-order valence-corrected chi connectivity index (χ3v) is 5.89. The van der Waals surface area contributed by atoms with Crippen LogP contribution in [-0.4, -0.2) is 37.0 Å². The molecule has 0 radical (unpaired) electrons. The Morgan fingerprint density at radius 2 is 1.89 bits per heavy atom. The number of nitrogens with zero attached hydrogens (tertiary/aromatic N) is 1. The largest absolute Gasteiger partial charge is 0.355 e. The number of carbonyl (C=O) groups is 1. The average molecular weight is 264 g/mol. The minimum absolute atomic E-state index is 0.247. The molecule has 3 aliphatic rings. The minimum Gasteiger partial charge on any atom is -0.355 e. The summed E-state index contributed by atoms with van der Waals surface area (Å²) in [6, 6.07) is 0. The van der Waals surface area contributed by atoms with Gasteiger partial charge < -0.3 is 5.32 Å². The van der Waals surface area contributed by atoms with Gasteiger partial charge in [0.15, 0.2) is 0 Å². The smallest absolute Gasteiger partial charge is 0.234 e. The van der Waals surface area contributed by atoms with Gasteiger partial charge in [-0.1, -0.05) is 13.3 Å². The molecule has 1 N–H and O–H groups in total. The zero-order valence-corrected chi connectivity index (χ0v) is 12.2. The lowest BCUT2D eigenvalue weighted by Crippen LogP contribution is -2.42. The Kier molecular flexibility index (Phi) is 4.11. The third-order valence-electron chi connectivity index (χ3n) is 5.89. The molecule has 108 valence electrons. The van der Waals surface area contributed by atoms with Gasteiger partial charge in [0.05, 0.1) is 6.54 Å². The van der Waals surface area contributed by atoms with Crippen LogP contribution in [0.3, 0.4) is 0 Å². The molecule has 4 unspecified atom stereocenters. The highest BCUT2D eigenvalue weighted by Crippen LogP contribution is 2.51. The number of hydrogen-bond acceptors (Lipinski definition) is 2. The van der Waals surface area contributed by atoms with Crippen molar-refractivity contribution in [3.8, 4) is 0 Å². The number of amides is 1. The Bertz CT molecular complexity index is 323. The van der Waals surface area contributed by atoms with Gasteiger partial charge in [-0.2, -0.15) is 0 Å². The van der Waals surface area contributed by atoms with Crippen molar-refractivity contribution in [2.45, 2.75) is 45.4 Å². The molecular weight excluding hydrogens is 236 g/mol. The predicted molar refractivity (Wildman–Crippen MR) is 76.8 cm³/mol. The molecule has 3 fully saturated rings. The molecule has 0 spiro atoms. The molecule has 2 aliphatic carbocycles. The van der Waals surface area contributed by atoms with E-state index in [9.17, 15) is 4.79 Å². The first-order valence-electron chi connectivity index (χ1n) is 8.23. The van der Waals surface area contributed by atoms with E-state index in [1.54, 1.807) is 0 Å². The van der Waals surface area contributed by atoms with Gasteiger partial charge in [0.25, 0.3) is 0 Å². The number of piperidine rings is 1. The van der Waals surface area contributed by atoms with Crippen LogP contribution in [0.25, 0.3) is 0 Å². The van der Waals surface area contributed by atoms with Gasteiger partial charge in [-0.25, -0.2) is 0 Å². The number of nitrogens with one attached hydrogen (secondary N) is 1. The molecule has 2 saturated carbocycles. The standard InChI is InChI=1S/C16H28N2O/c1-12-13-5-6-14(9-13)15(12)10-17-16(19)11-18-7-3-2-4-8-18/h12-15H,2-11H2,1H3,(H,17,19). The van der Waals surface area contributed by atoms with Crippen molar-refractivity contribution in [2.24, 2.45) is 23.7 Å². The minimum atomic E-state index is 0.247. The fourth-order valence-corrected chi connectivity index (χ4v) is 4.66. The van der Waals surface area contributed by atoms with Crippen molar-refractivity contribution < 1.29 is 4.79 Å². The first kappa shape index (κ1) is 13.4. The van der Waals surface area contributed by atoms with Crippen LogP contribution in [0.5, 0.6) is 0 Å². The zero-order chi connectivity index (χ0) is 13.2. The van der Waals surface area contributed by atoms with Gasteiger partial charge in [-0.05, 0) is 68.9 Å². The molecule has 1 saturated heterocycles. The van der Waals surface area contributed by atoms with E-state index in [0.717, 1.165) is 43.3 Å². The maximum absolute atomic E-state index is 12.0. The van der Waals surface area contributed by atoms with Gasteiger partial charge in [0, 0.05) is 6.54 Å². The number of rotatable bonds is 4. The maximum Gasteiger partial charge on any atom is 0.234 e. The number of fused-ring (bicyclic) bond motifs is 2. The van der Waals surface area contributed by atoms with Crippen molar-refractivity contribution in [1.82, 2.24) is 10.2 Å². The molecule has 3 rings (SSSR count). The molecule has 19 heavy (non-hydrogen) atoms. The first-order valence-corrected chi connectivity index (χ1v) is 8.23. The van der Waals surface area contributed by atoms with Crippen LogP contribution in [0.4, 0.5) is 0 Å². The van der Waals surface area contributed by atoms with Crippen molar-refractivity contribution in [3.63, 3.8) is 0 Å². The van der Waals surface area contributed by atoms with E-state index in [2.05, 4.69) is 17.1 Å². The number of carbonyl (C=O) groups excluding carboxylic acids is 1. The summed E-state index contributed by atoms with van der Waals surface area (Å²) in [7, 11) is 0. The second-order valence-electron chi connectivity index (χ2n) is 7.00. The van der Waals surface area contributed by atoms with Gasteiger partial charge in [-0.15, -0.1) is 0 Å². The Labute approximate surface area is 117 Å². The SMILES string of the molecule is CC1C2CCC(C2)C1CNC(=O)CN1CCCCC1. The zero-order valence-electron chi connectivity index (χ0n) is 12.2. The van der Waals surface area contributed by atoms with Crippen LogP contribution in [0.15, 0.2) is 0 Å². The molecule has 1 heterocycles. The Balaban J connectivity index is 1.40. The van der Waals surface area contributed by atoms with Crippen LogP contribution >= 0.6 is 0 Å². The molecule has 3 heteroatoms. The third kappa shape index (κ3) is 2.96. The Hall–Kier alpha value is -0.570. The second-order valence-corrected chi connectivity index (χ2v) is 7.00.